The van der Waals surface area contributed by atoms with Crippen LogP contribution >= 0.6 is 11.8 Å². The number of carbonyl (C=O) groups excluding carboxylic acids is 1. The van der Waals surface area contributed by atoms with Gasteiger partial charge in [-0.3, -0.25) is 4.79 Å². The van der Waals surface area contributed by atoms with Crippen molar-refractivity contribution in [2.24, 2.45) is 0 Å². The summed E-state index contributed by atoms with van der Waals surface area (Å²) >= 11 is 1.60. The lowest BCUT2D eigenvalue weighted by atomic mass is 9.95. The van der Waals surface area contributed by atoms with E-state index in [1.54, 1.807) is 18.0 Å². The van der Waals surface area contributed by atoms with Crippen LogP contribution in [0.25, 0.3) is 0 Å². The Morgan fingerprint density at radius 2 is 2.24 bits per heavy atom. The van der Waals surface area contributed by atoms with E-state index in [-0.39, 0.29) is 5.91 Å². The van der Waals surface area contributed by atoms with Gasteiger partial charge in [-0.25, -0.2) is 0 Å². The maximum atomic E-state index is 11.7. The van der Waals surface area contributed by atoms with Crippen molar-refractivity contribution in [3.05, 3.63) is 24.2 Å². The molecular weight excluding hydrogens is 234 g/mol. The Labute approximate surface area is 106 Å². The van der Waals surface area contributed by atoms with Crippen LogP contribution in [0.1, 0.15) is 37.9 Å². The second-order valence-electron chi connectivity index (χ2n) is 4.47. The molecule has 2 rings (SSSR count). The van der Waals surface area contributed by atoms with E-state index in [4.69, 9.17) is 4.42 Å². The molecule has 0 atom stereocenters. The van der Waals surface area contributed by atoms with Crippen molar-refractivity contribution in [3.63, 3.8) is 0 Å². The van der Waals surface area contributed by atoms with E-state index in [9.17, 15) is 4.79 Å². The number of carbonyl (C=O) groups is 1. The Balaban J connectivity index is 1.60. The molecule has 0 bridgehead atoms. The van der Waals surface area contributed by atoms with Gasteiger partial charge in [-0.1, -0.05) is 19.3 Å². The highest BCUT2D eigenvalue weighted by molar-refractivity contribution is 7.99. The highest BCUT2D eigenvalue weighted by atomic mass is 32.2. The Morgan fingerprint density at radius 3 is 2.94 bits per heavy atom. The molecular formula is C13H19NO2S. The summed E-state index contributed by atoms with van der Waals surface area (Å²) in [5, 5.41) is 3.11. The number of amides is 1. The fourth-order valence-electron chi connectivity index (χ4n) is 2.16. The first-order chi connectivity index (χ1) is 8.34. The molecule has 1 aliphatic carbocycles. The lowest BCUT2D eigenvalue weighted by Gasteiger charge is -2.22. The molecule has 1 aliphatic rings. The summed E-state index contributed by atoms with van der Waals surface area (Å²) in [5.41, 5.74) is 0. The van der Waals surface area contributed by atoms with Crippen LogP contribution in [0.2, 0.25) is 0 Å². The Hall–Kier alpha value is -0.900. The van der Waals surface area contributed by atoms with Crippen LogP contribution in [-0.2, 0) is 10.5 Å². The van der Waals surface area contributed by atoms with E-state index in [0.29, 0.717) is 11.8 Å². The maximum absolute atomic E-state index is 11.7. The highest BCUT2D eigenvalue weighted by Gasteiger charge is 2.15. The summed E-state index contributed by atoms with van der Waals surface area (Å²) in [6.07, 6.45) is 7.79. The lowest BCUT2D eigenvalue weighted by Crippen LogP contribution is -2.37. The van der Waals surface area contributed by atoms with E-state index in [2.05, 4.69) is 5.32 Å². The van der Waals surface area contributed by atoms with Crippen LogP contribution in [-0.4, -0.2) is 17.7 Å². The molecule has 0 unspecified atom stereocenters. The van der Waals surface area contributed by atoms with E-state index in [1.807, 2.05) is 12.1 Å². The average Bonchev–Trinajstić information content (AvgIpc) is 2.83. The number of rotatable bonds is 5. The van der Waals surface area contributed by atoms with Crippen molar-refractivity contribution >= 4 is 17.7 Å². The molecule has 0 saturated heterocycles. The molecule has 1 aromatic rings. The summed E-state index contributed by atoms with van der Waals surface area (Å²) in [6.45, 7) is 0. The van der Waals surface area contributed by atoms with Crippen molar-refractivity contribution in [2.45, 2.75) is 43.9 Å². The predicted octanol–water partition coefficient (Wildman–Crippen LogP) is 2.96. The highest BCUT2D eigenvalue weighted by Crippen LogP contribution is 2.18. The van der Waals surface area contributed by atoms with Crippen LogP contribution < -0.4 is 5.32 Å². The minimum atomic E-state index is 0.161. The molecule has 4 heteroatoms. The molecule has 1 amide bonds. The number of furan rings is 1. The zero-order valence-electron chi connectivity index (χ0n) is 9.98. The van der Waals surface area contributed by atoms with Gasteiger partial charge in [-0.15, -0.1) is 11.8 Å². The summed E-state index contributed by atoms with van der Waals surface area (Å²) in [6, 6.07) is 4.23. The van der Waals surface area contributed by atoms with E-state index in [0.717, 1.165) is 24.4 Å². The molecule has 1 N–H and O–H groups in total. The van der Waals surface area contributed by atoms with Crippen molar-refractivity contribution in [3.8, 4) is 0 Å². The summed E-state index contributed by atoms with van der Waals surface area (Å²) < 4.78 is 5.21. The van der Waals surface area contributed by atoms with E-state index < -0.39 is 0 Å². The third-order valence-corrected chi connectivity index (χ3v) is 3.98. The number of hydrogen-bond donors (Lipinski definition) is 1. The first-order valence-electron chi connectivity index (χ1n) is 6.24. The fraction of sp³-hybridized carbons (Fsp3) is 0.615. The van der Waals surface area contributed by atoms with Gasteiger partial charge in [0.2, 0.25) is 5.91 Å². The molecule has 94 valence electrons. The van der Waals surface area contributed by atoms with Crippen molar-refractivity contribution < 1.29 is 9.21 Å². The fourth-order valence-corrected chi connectivity index (χ4v) is 2.89. The Kier molecular flexibility index (Phi) is 4.98. The summed E-state index contributed by atoms with van der Waals surface area (Å²) in [7, 11) is 0. The van der Waals surface area contributed by atoms with Gasteiger partial charge < -0.3 is 9.73 Å². The first kappa shape index (κ1) is 12.6. The first-order valence-corrected chi connectivity index (χ1v) is 7.39. The van der Waals surface area contributed by atoms with Gasteiger partial charge in [0, 0.05) is 6.04 Å². The van der Waals surface area contributed by atoms with E-state index in [1.165, 1.54) is 19.3 Å². The Bertz CT molecular complexity index is 331. The van der Waals surface area contributed by atoms with Gasteiger partial charge in [0.15, 0.2) is 0 Å². The van der Waals surface area contributed by atoms with Crippen molar-refractivity contribution in [1.29, 1.82) is 0 Å². The normalized spacial score (nSPS) is 16.9. The molecule has 0 spiro atoms. The van der Waals surface area contributed by atoms with Gasteiger partial charge in [-0.2, -0.15) is 0 Å². The molecule has 3 nitrogen and oxygen atoms in total. The molecule has 0 radical (unpaired) electrons. The van der Waals surface area contributed by atoms with Gasteiger partial charge in [0.25, 0.3) is 0 Å². The largest absolute Gasteiger partial charge is 0.468 e. The Morgan fingerprint density at radius 1 is 1.41 bits per heavy atom. The number of nitrogens with one attached hydrogen (secondary N) is 1. The van der Waals surface area contributed by atoms with Gasteiger partial charge >= 0.3 is 0 Å². The third-order valence-electron chi connectivity index (χ3n) is 3.03. The predicted molar refractivity (Wildman–Crippen MR) is 69.9 cm³/mol. The van der Waals surface area contributed by atoms with Gasteiger partial charge in [-0.05, 0) is 25.0 Å². The standard InChI is InChI=1S/C13H19NO2S/c15-13(14-11-5-2-1-3-6-11)10-17-9-12-7-4-8-16-12/h4,7-8,11H,1-3,5-6,9-10H2,(H,14,15). The van der Waals surface area contributed by atoms with Crippen LogP contribution in [0.5, 0.6) is 0 Å². The smallest absolute Gasteiger partial charge is 0.230 e. The van der Waals surface area contributed by atoms with Crippen LogP contribution in [0.3, 0.4) is 0 Å². The molecule has 0 aromatic carbocycles. The molecule has 1 aromatic heterocycles. The van der Waals surface area contributed by atoms with Gasteiger partial charge in [0.1, 0.15) is 5.76 Å². The molecule has 17 heavy (non-hydrogen) atoms. The zero-order chi connectivity index (χ0) is 11.9. The van der Waals surface area contributed by atoms with E-state index >= 15 is 0 Å². The molecule has 1 fully saturated rings. The zero-order valence-corrected chi connectivity index (χ0v) is 10.8. The lowest BCUT2D eigenvalue weighted by molar-refractivity contribution is -0.119. The monoisotopic (exact) mass is 253 g/mol. The minimum absolute atomic E-state index is 0.161. The average molecular weight is 253 g/mol. The van der Waals surface area contributed by atoms with Crippen LogP contribution in [0.15, 0.2) is 22.8 Å². The second kappa shape index (κ2) is 6.74. The van der Waals surface area contributed by atoms with Crippen molar-refractivity contribution in [2.75, 3.05) is 5.75 Å². The molecule has 0 aliphatic heterocycles. The SMILES string of the molecule is O=C(CSCc1ccco1)NC1CCCCC1. The summed E-state index contributed by atoms with van der Waals surface area (Å²) in [5.74, 6) is 2.39. The van der Waals surface area contributed by atoms with Crippen LogP contribution in [0.4, 0.5) is 0 Å². The number of hydrogen-bond acceptors (Lipinski definition) is 3. The maximum Gasteiger partial charge on any atom is 0.230 e. The topological polar surface area (TPSA) is 42.2 Å². The van der Waals surface area contributed by atoms with Gasteiger partial charge in [0.05, 0.1) is 17.8 Å². The second-order valence-corrected chi connectivity index (χ2v) is 5.46. The number of thioether (sulfide) groups is 1. The molecule has 1 saturated carbocycles. The molecule has 1 heterocycles. The summed E-state index contributed by atoms with van der Waals surface area (Å²) in [4.78, 5) is 11.7. The minimum Gasteiger partial charge on any atom is -0.468 e. The van der Waals surface area contributed by atoms with Crippen molar-refractivity contribution in [1.82, 2.24) is 5.32 Å². The van der Waals surface area contributed by atoms with Crippen LogP contribution in [0, 0.1) is 0 Å². The third kappa shape index (κ3) is 4.46. The quantitative estimate of drug-likeness (QED) is 0.877.